The van der Waals surface area contributed by atoms with Gasteiger partial charge in [0.15, 0.2) is 0 Å². The van der Waals surface area contributed by atoms with Crippen LogP contribution in [0, 0.1) is 0 Å². The van der Waals surface area contributed by atoms with Crippen LogP contribution in [-0.2, 0) is 0 Å². The molecule has 1 aromatic heterocycles. The third-order valence-corrected chi connectivity index (χ3v) is 2.73. The monoisotopic (exact) mass is 222 g/mol. The summed E-state index contributed by atoms with van der Waals surface area (Å²) >= 11 is 0. The summed E-state index contributed by atoms with van der Waals surface area (Å²) in [5.74, 6) is 1.30. The van der Waals surface area contributed by atoms with Crippen LogP contribution in [0.25, 0.3) is 0 Å². The molecule has 0 radical (unpaired) electrons. The lowest BCUT2D eigenvalue weighted by Crippen LogP contribution is -2.19. The smallest absolute Gasteiger partial charge is 0.213 e. The highest BCUT2D eigenvalue weighted by molar-refractivity contribution is 5.23. The Morgan fingerprint density at radius 1 is 1.44 bits per heavy atom. The second-order valence-corrected chi connectivity index (χ2v) is 4.39. The van der Waals surface area contributed by atoms with E-state index in [4.69, 9.17) is 4.74 Å². The molecule has 1 unspecified atom stereocenters. The molecule has 0 bridgehead atoms. The molecule has 0 aliphatic carbocycles. The lowest BCUT2D eigenvalue weighted by molar-refractivity contribution is 0.253. The summed E-state index contributed by atoms with van der Waals surface area (Å²) in [5, 5.41) is 0. The summed E-state index contributed by atoms with van der Waals surface area (Å²) in [7, 11) is 4.07. The fourth-order valence-corrected chi connectivity index (χ4v) is 1.38. The molecule has 0 amide bonds. The molecule has 90 valence electrons. The lowest BCUT2D eigenvalue weighted by Gasteiger charge is -2.12. The van der Waals surface area contributed by atoms with Gasteiger partial charge in [-0.25, -0.2) is 4.98 Å². The minimum atomic E-state index is 0.569. The first-order valence-electron chi connectivity index (χ1n) is 5.87. The zero-order valence-electron chi connectivity index (χ0n) is 10.7. The van der Waals surface area contributed by atoms with Gasteiger partial charge in [0, 0.05) is 18.8 Å². The fourth-order valence-electron chi connectivity index (χ4n) is 1.38. The Kier molecular flexibility index (Phi) is 5.26. The number of rotatable bonds is 6. The number of aromatic nitrogens is 1. The molecule has 3 heteroatoms. The van der Waals surface area contributed by atoms with Crippen molar-refractivity contribution in [2.45, 2.75) is 26.2 Å². The van der Waals surface area contributed by atoms with Crippen molar-refractivity contribution in [3.63, 3.8) is 0 Å². The zero-order chi connectivity index (χ0) is 12.0. The van der Waals surface area contributed by atoms with E-state index < -0.39 is 0 Å². The number of pyridine rings is 1. The van der Waals surface area contributed by atoms with Crippen LogP contribution < -0.4 is 4.74 Å². The van der Waals surface area contributed by atoms with Crippen molar-refractivity contribution in [3.8, 4) is 5.88 Å². The second kappa shape index (κ2) is 6.48. The van der Waals surface area contributed by atoms with Crippen LogP contribution in [0.2, 0.25) is 0 Å². The average Bonchev–Trinajstić information content (AvgIpc) is 2.28. The van der Waals surface area contributed by atoms with Gasteiger partial charge in [-0.05, 0) is 38.1 Å². The van der Waals surface area contributed by atoms with E-state index in [0.29, 0.717) is 12.5 Å². The highest BCUT2D eigenvalue weighted by Gasteiger charge is 2.04. The summed E-state index contributed by atoms with van der Waals surface area (Å²) in [6, 6.07) is 4.11. The maximum absolute atomic E-state index is 5.60. The largest absolute Gasteiger partial charge is 0.476 e. The van der Waals surface area contributed by atoms with E-state index in [-0.39, 0.29) is 0 Å². The Labute approximate surface area is 98.4 Å². The molecule has 1 atom stereocenters. The molecule has 1 aromatic rings. The SMILES string of the molecule is CCC(C)c1ccnc(OCCN(C)C)c1. The normalized spacial score (nSPS) is 12.8. The van der Waals surface area contributed by atoms with E-state index in [1.54, 1.807) is 0 Å². The molecule has 0 spiro atoms. The van der Waals surface area contributed by atoms with Gasteiger partial charge < -0.3 is 9.64 Å². The first-order chi connectivity index (χ1) is 7.63. The minimum Gasteiger partial charge on any atom is -0.476 e. The molecular formula is C13H22N2O. The van der Waals surface area contributed by atoms with E-state index >= 15 is 0 Å². The number of likely N-dealkylation sites (N-methyl/N-ethyl adjacent to an activating group) is 1. The van der Waals surface area contributed by atoms with Crippen LogP contribution in [-0.4, -0.2) is 37.1 Å². The molecule has 0 saturated carbocycles. The van der Waals surface area contributed by atoms with Gasteiger partial charge in [0.05, 0.1) is 0 Å². The number of hydrogen-bond acceptors (Lipinski definition) is 3. The molecule has 0 aromatic carbocycles. The predicted molar refractivity (Wildman–Crippen MR) is 67.0 cm³/mol. The number of hydrogen-bond donors (Lipinski definition) is 0. The number of nitrogens with zero attached hydrogens (tertiary/aromatic N) is 2. The van der Waals surface area contributed by atoms with E-state index in [2.05, 4.69) is 29.8 Å². The predicted octanol–water partition coefficient (Wildman–Crippen LogP) is 2.54. The van der Waals surface area contributed by atoms with Crippen LogP contribution in [0.5, 0.6) is 5.88 Å². The van der Waals surface area contributed by atoms with Gasteiger partial charge in [0.2, 0.25) is 5.88 Å². The van der Waals surface area contributed by atoms with Crippen molar-refractivity contribution < 1.29 is 4.74 Å². The van der Waals surface area contributed by atoms with Gasteiger partial charge >= 0.3 is 0 Å². The Morgan fingerprint density at radius 3 is 2.81 bits per heavy atom. The van der Waals surface area contributed by atoms with Crippen molar-refractivity contribution in [2.75, 3.05) is 27.2 Å². The van der Waals surface area contributed by atoms with Crippen LogP contribution >= 0.6 is 0 Å². The second-order valence-electron chi connectivity index (χ2n) is 4.39. The number of ether oxygens (including phenoxy) is 1. The van der Waals surface area contributed by atoms with Gasteiger partial charge in [-0.2, -0.15) is 0 Å². The zero-order valence-corrected chi connectivity index (χ0v) is 10.7. The van der Waals surface area contributed by atoms with Crippen LogP contribution in [0.4, 0.5) is 0 Å². The molecule has 1 rings (SSSR count). The quantitative estimate of drug-likeness (QED) is 0.739. The van der Waals surface area contributed by atoms with Crippen molar-refractivity contribution >= 4 is 0 Å². The third kappa shape index (κ3) is 4.19. The summed E-state index contributed by atoms with van der Waals surface area (Å²) in [6.45, 7) is 6.01. The Morgan fingerprint density at radius 2 is 2.19 bits per heavy atom. The van der Waals surface area contributed by atoms with Gasteiger partial charge in [-0.1, -0.05) is 13.8 Å². The summed E-state index contributed by atoms with van der Waals surface area (Å²) in [6.07, 6.45) is 2.97. The summed E-state index contributed by atoms with van der Waals surface area (Å²) < 4.78 is 5.60. The van der Waals surface area contributed by atoms with Crippen molar-refractivity contribution in [2.24, 2.45) is 0 Å². The highest BCUT2D eigenvalue weighted by Crippen LogP contribution is 2.20. The van der Waals surface area contributed by atoms with E-state index in [1.807, 2.05) is 26.4 Å². The standard InChI is InChI=1S/C13H22N2O/c1-5-11(2)12-6-7-14-13(10-12)16-9-8-15(3)4/h6-7,10-11H,5,8-9H2,1-4H3. The molecule has 0 saturated heterocycles. The van der Waals surface area contributed by atoms with Crippen LogP contribution in [0.3, 0.4) is 0 Å². The minimum absolute atomic E-state index is 0.569. The molecule has 0 aliphatic rings. The Balaban J connectivity index is 2.54. The first-order valence-corrected chi connectivity index (χ1v) is 5.87. The van der Waals surface area contributed by atoms with E-state index in [0.717, 1.165) is 18.8 Å². The Hall–Kier alpha value is -1.09. The molecule has 0 N–H and O–H groups in total. The molecule has 1 heterocycles. The van der Waals surface area contributed by atoms with Gasteiger partial charge in [0.25, 0.3) is 0 Å². The van der Waals surface area contributed by atoms with Crippen LogP contribution in [0.15, 0.2) is 18.3 Å². The summed E-state index contributed by atoms with van der Waals surface area (Å²) in [5.41, 5.74) is 1.30. The van der Waals surface area contributed by atoms with E-state index in [9.17, 15) is 0 Å². The summed E-state index contributed by atoms with van der Waals surface area (Å²) in [4.78, 5) is 6.31. The van der Waals surface area contributed by atoms with Crippen molar-refractivity contribution in [3.05, 3.63) is 23.9 Å². The van der Waals surface area contributed by atoms with Crippen LogP contribution in [0.1, 0.15) is 31.7 Å². The molecular weight excluding hydrogens is 200 g/mol. The fraction of sp³-hybridized carbons (Fsp3) is 0.615. The average molecular weight is 222 g/mol. The van der Waals surface area contributed by atoms with Crippen molar-refractivity contribution in [1.82, 2.24) is 9.88 Å². The third-order valence-electron chi connectivity index (χ3n) is 2.73. The van der Waals surface area contributed by atoms with Crippen molar-refractivity contribution in [1.29, 1.82) is 0 Å². The molecule has 3 nitrogen and oxygen atoms in total. The molecule has 0 aliphatic heterocycles. The highest BCUT2D eigenvalue weighted by atomic mass is 16.5. The molecule has 16 heavy (non-hydrogen) atoms. The maximum atomic E-state index is 5.60. The maximum Gasteiger partial charge on any atom is 0.213 e. The van der Waals surface area contributed by atoms with Gasteiger partial charge in [-0.15, -0.1) is 0 Å². The lowest BCUT2D eigenvalue weighted by atomic mass is 10.0. The van der Waals surface area contributed by atoms with Gasteiger partial charge in [0.1, 0.15) is 6.61 Å². The Bertz CT molecular complexity index is 313. The molecule has 0 fully saturated rings. The van der Waals surface area contributed by atoms with Gasteiger partial charge in [-0.3, -0.25) is 0 Å². The first kappa shape index (κ1) is 13.0. The topological polar surface area (TPSA) is 25.4 Å². The van der Waals surface area contributed by atoms with E-state index in [1.165, 1.54) is 5.56 Å².